The fourth-order valence-electron chi connectivity index (χ4n) is 5.46. The Hall–Kier alpha value is -3.12. The molecule has 0 aliphatic heterocycles. The number of amides is 1. The summed E-state index contributed by atoms with van der Waals surface area (Å²) in [5, 5.41) is 1.88. The monoisotopic (exact) mass is 473 g/mol. The highest BCUT2D eigenvalue weighted by atomic mass is 32.1. The summed E-state index contributed by atoms with van der Waals surface area (Å²) in [6.07, 6.45) is 7.85. The maximum atomic E-state index is 13.9. The molecule has 2 aromatic carbocycles. The van der Waals surface area contributed by atoms with Crippen molar-refractivity contribution in [3.63, 3.8) is 0 Å². The number of aromatic nitrogens is 2. The summed E-state index contributed by atoms with van der Waals surface area (Å²) >= 11 is 1.65. The fraction of sp³-hybridized carbons (Fsp3) is 0.321. The van der Waals surface area contributed by atoms with E-state index in [0.29, 0.717) is 17.4 Å². The lowest BCUT2D eigenvalue weighted by atomic mass is 9.71. The third-order valence-electron chi connectivity index (χ3n) is 7.33. The van der Waals surface area contributed by atoms with E-state index in [0.717, 1.165) is 57.6 Å². The predicted octanol–water partition coefficient (Wildman–Crippen LogP) is 6.98. The van der Waals surface area contributed by atoms with Crippen LogP contribution in [0.25, 0.3) is 21.5 Å². The second kappa shape index (κ2) is 9.26. The Labute approximate surface area is 203 Å². The van der Waals surface area contributed by atoms with Gasteiger partial charge >= 0.3 is 0 Å². The summed E-state index contributed by atoms with van der Waals surface area (Å²) in [7, 11) is 0. The van der Waals surface area contributed by atoms with Crippen LogP contribution in [0.2, 0.25) is 0 Å². The van der Waals surface area contributed by atoms with Crippen LogP contribution in [0, 0.1) is 18.7 Å². The summed E-state index contributed by atoms with van der Waals surface area (Å²) in [6, 6.07) is 12.8. The number of pyridine rings is 1. The molecule has 1 saturated carbocycles. The number of aryl methyl sites for hydroxylation is 1. The van der Waals surface area contributed by atoms with Gasteiger partial charge in [-0.1, -0.05) is 13.0 Å². The second-order valence-electron chi connectivity index (χ2n) is 9.40. The molecule has 6 heteroatoms. The first-order valence-electron chi connectivity index (χ1n) is 11.8. The van der Waals surface area contributed by atoms with Crippen LogP contribution in [-0.2, 0) is 0 Å². The normalized spacial score (nSPS) is 19.3. The van der Waals surface area contributed by atoms with E-state index in [4.69, 9.17) is 5.73 Å². The molecule has 34 heavy (non-hydrogen) atoms. The molecule has 2 heterocycles. The third-order valence-corrected chi connectivity index (χ3v) is 8.29. The molecule has 174 valence electrons. The SMILES string of the molecule is Cc1cnc(-c2ccc(C(N)=O)c([C@H](C)C3CCC(c4ccnc5ccc(F)cc45)CC3)c2)s1. The summed E-state index contributed by atoms with van der Waals surface area (Å²) < 4.78 is 13.9. The minimum Gasteiger partial charge on any atom is -0.366 e. The minimum absolute atomic E-state index is 0.205. The molecule has 0 bridgehead atoms. The van der Waals surface area contributed by atoms with Crippen LogP contribution in [0.4, 0.5) is 4.39 Å². The summed E-state index contributed by atoms with van der Waals surface area (Å²) in [5.74, 6) is 0.431. The number of rotatable bonds is 5. The summed E-state index contributed by atoms with van der Waals surface area (Å²) in [4.78, 5) is 22.3. The van der Waals surface area contributed by atoms with Crippen LogP contribution in [0.3, 0.4) is 0 Å². The van der Waals surface area contributed by atoms with Crippen molar-refractivity contribution in [2.75, 3.05) is 0 Å². The Morgan fingerprint density at radius 3 is 2.59 bits per heavy atom. The number of carbonyl (C=O) groups excluding carboxylic acids is 1. The van der Waals surface area contributed by atoms with Gasteiger partial charge in [-0.2, -0.15) is 0 Å². The van der Waals surface area contributed by atoms with E-state index in [1.165, 1.54) is 11.6 Å². The van der Waals surface area contributed by atoms with E-state index in [2.05, 4.69) is 23.0 Å². The average Bonchev–Trinajstić information content (AvgIpc) is 3.29. The number of nitrogens with zero attached hydrogens (tertiary/aromatic N) is 2. The summed E-state index contributed by atoms with van der Waals surface area (Å²) in [5.41, 5.74) is 10.4. The maximum Gasteiger partial charge on any atom is 0.248 e. The van der Waals surface area contributed by atoms with Crippen molar-refractivity contribution >= 4 is 28.1 Å². The van der Waals surface area contributed by atoms with Gasteiger partial charge in [0.15, 0.2) is 0 Å². The number of nitrogens with two attached hydrogens (primary N) is 1. The Kier molecular flexibility index (Phi) is 6.17. The minimum atomic E-state index is -0.386. The molecule has 5 rings (SSSR count). The second-order valence-corrected chi connectivity index (χ2v) is 10.6. The van der Waals surface area contributed by atoms with E-state index >= 15 is 0 Å². The molecule has 4 nitrogen and oxygen atoms in total. The van der Waals surface area contributed by atoms with Crippen molar-refractivity contribution in [2.45, 2.75) is 51.4 Å². The Balaban J connectivity index is 1.38. The van der Waals surface area contributed by atoms with E-state index in [1.54, 1.807) is 23.5 Å². The molecule has 0 saturated heterocycles. The van der Waals surface area contributed by atoms with Gasteiger partial charge in [0.05, 0.1) is 5.52 Å². The van der Waals surface area contributed by atoms with Gasteiger partial charge in [-0.3, -0.25) is 9.78 Å². The molecule has 0 unspecified atom stereocenters. The van der Waals surface area contributed by atoms with Crippen molar-refractivity contribution in [3.05, 3.63) is 82.2 Å². The Morgan fingerprint density at radius 1 is 1.09 bits per heavy atom. The van der Waals surface area contributed by atoms with Crippen LogP contribution in [0.5, 0.6) is 0 Å². The predicted molar refractivity (Wildman–Crippen MR) is 136 cm³/mol. The number of benzene rings is 2. The first kappa shape index (κ1) is 22.7. The fourth-order valence-corrected chi connectivity index (χ4v) is 6.23. The van der Waals surface area contributed by atoms with Gasteiger partial charge < -0.3 is 5.73 Å². The topological polar surface area (TPSA) is 68.9 Å². The number of carbonyl (C=O) groups is 1. The molecule has 2 aromatic heterocycles. The van der Waals surface area contributed by atoms with Gasteiger partial charge in [0, 0.05) is 33.8 Å². The van der Waals surface area contributed by atoms with Crippen molar-refractivity contribution in [3.8, 4) is 10.6 Å². The zero-order chi connectivity index (χ0) is 23.8. The van der Waals surface area contributed by atoms with Gasteiger partial charge in [-0.15, -0.1) is 11.3 Å². The molecule has 1 aliphatic rings. The number of primary amides is 1. The van der Waals surface area contributed by atoms with Crippen LogP contribution in [0.1, 0.15) is 70.8 Å². The molecule has 1 fully saturated rings. The van der Waals surface area contributed by atoms with Crippen LogP contribution in [0.15, 0.2) is 54.9 Å². The number of hydrogen-bond donors (Lipinski definition) is 1. The standard InChI is InChI=1S/C28H28FN3OS/c1-16-15-32-28(34-16)20-7-9-23(27(30)33)24(13-20)17(2)18-3-5-19(6-4-18)22-11-12-31-26-10-8-21(29)14-25(22)26/h7-15,17-19H,3-6H2,1-2H3,(H2,30,33)/t17-,18?,19?/m1/s1. The highest BCUT2D eigenvalue weighted by molar-refractivity contribution is 7.14. The molecule has 1 atom stereocenters. The maximum absolute atomic E-state index is 13.9. The molecular formula is C28H28FN3OS. The zero-order valence-corrected chi connectivity index (χ0v) is 20.2. The van der Waals surface area contributed by atoms with Gasteiger partial charge in [-0.05, 0) is 97.9 Å². The lowest BCUT2D eigenvalue weighted by molar-refractivity contribution is 0.0998. The van der Waals surface area contributed by atoms with Crippen molar-refractivity contribution in [2.24, 2.45) is 11.7 Å². The molecule has 1 aliphatic carbocycles. The van der Waals surface area contributed by atoms with Crippen LogP contribution >= 0.6 is 11.3 Å². The van der Waals surface area contributed by atoms with Crippen molar-refractivity contribution in [1.82, 2.24) is 9.97 Å². The van der Waals surface area contributed by atoms with Gasteiger partial charge in [0.1, 0.15) is 10.8 Å². The molecule has 0 radical (unpaired) electrons. The smallest absolute Gasteiger partial charge is 0.248 e. The number of halogens is 1. The Bertz CT molecular complexity index is 1360. The highest BCUT2D eigenvalue weighted by Gasteiger charge is 2.29. The largest absolute Gasteiger partial charge is 0.366 e. The summed E-state index contributed by atoms with van der Waals surface area (Å²) in [6.45, 7) is 4.25. The average molecular weight is 474 g/mol. The van der Waals surface area contributed by atoms with Gasteiger partial charge in [0.2, 0.25) is 5.91 Å². The number of thiazole rings is 1. The first-order valence-corrected chi connectivity index (χ1v) is 12.6. The van der Waals surface area contributed by atoms with E-state index < -0.39 is 0 Å². The lowest BCUT2D eigenvalue weighted by Crippen LogP contribution is -2.22. The first-order chi connectivity index (χ1) is 16.4. The van der Waals surface area contributed by atoms with Crippen molar-refractivity contribution < 1.29 is 9.18 Å². The number of fused-ring (bicyclic) bond motifs is 1. The Morgan fingerprint density at radius 2 is 1.88 bits per heavy atom. The van der Waals surface area contributed by atoms with E-state index in [1.807, 2.05) is 37.5 Å². The van der Waals surface area contributed by atoms with E-state index in [9.17, 15) is 9.18 Å². The highest BCUT2D eigenvalue weighted by Crippen LogP contribution is 2.44. The molecular weight excluding hydrogens is 445 g/mol. The van der Waals surface area contributed by atoms with E-state index in [-0.39, 0.29) is 17.6 Å². The quantitative estimate of drug-likeness (QED) is 0.340. The number of hydrogen-bond acceptors (Lipinski definition) is 4. The van der Waals surface area contributed by atoms with Crippen LogP contribution < -0.4 is 5.73 Å². The molecule has 0 spiro atoms. The zero-order valence-electron chi connectivity index (χ0n) is 19.4. The van der Waals surface area contributed by atoms with Gasteiger partial charge in [0.25, 0.3) is 0 Å². The molecule has 1 amide bonds. The molecule has 4 aromatic rings. The third kappa shape index (κ3) is 4.34. The van der Waals surface area contributed by atoms with Crippen LogP contribution in [-0.4, -0.2) is 15.9 Å². The van der Waals surface area contributed by atoms with Crippen molar-refractivity contribution in [1.29, 1.82) is 0 Å². The van der Waals surface area contributed by atoms with Gasteiger partial charge in [-0.25, -0.2) is 9.37 Å². The molecule has 2 N–H and O–H groups in total. The lowest BCUT2D eigenvalue weighted by Gasteiger charge is -2.33.